The minimum absolute atomic E-state index is 0.0260. The molecule has 1 saturated heterocycles. The van der Waals surface area contributed by atoms with Crippen LogP contribution >= 0.6 is 0 Å². The average molecular weight is 354 g/mol. The first-order chi connectivity index (χ1) is 12.7. The van der Waals surface area contributed by atoms with Gasteiger partial charge in [-0.25, -0.2) is 0 Å². The van der Waals surface area contributed by atoms with Crippen LogP contribution in [0, 0.1) is 12.8 Å². The molecule has 3 rings (SSSR count). The molecule has 0 radical (unpaired) electrons. The van der Waals surface area contributed by atoms with E-state index in [2.05, 4.69) is 20.4 Å². The van der Waals surface area contributed by atoms with E-state index in [-0.39, 0.29) is 5.91 Å². The van der Waals surface area contributed by atoms with Gasteiger partial charge >= 0.3 is 0 Å². The van der Waals surface area contributed by atoms with Crippen LogP contribution in [0.15, 0.2) is 36.4 Å². The average Bonchev–Trinajstić information content (AvgIpc) is 3.13. The van der Waals surface area contributed by atoms with Gasteiger partial charge in [0.25, 0.3) is 5.91 Å². The first-order valence-corrected chi connectivity index (χ1v) is 9.06. The maximum atomic E-state index is 12.4. The normalized spacial score (nSPS) is 17.4. The van der Waals surface area contributed by atoms with Crippen LogP contribution in [0.2, 0.25) is 0 Å². The van der Waals surface area contributed by atoms with E-state index in [1.165, 1.54) is 0 Å². The molecule has 1 aliphatic heterocycles. The summed E-state index contributed by atoms with van der Waals surface area (Å²) in [6.45, 7) is 6.45. The molecule has 1 aliphatic rings. The van der Waals surface area contributed by atoms with Gasteiger partial charge in [-0.3, -0.25) is 4.79 Å². The highest BCUT2D eigenvalue weighted by Gasteiger charge is 2.22. The van der Waals surface area contributed by atoms with E-state index in [1.807, 2.05) is 43.3 Å². The van der Waals surface area contributed by atoms with Crippen molar-refractivity contribution in [2.45, 2.75) is 13.3 Å². The van der Waals surface area contributed by atoms with E-state index in [0.29, 0.717) is 18.0 Å². The number of benzene rings is 1. The zero-order chi connectivity index (χ0) is 18.4. The number of nitrogens with zero attached hydrogens (tertiary/aromatic N) is 3. The minimum atomic E-state index is -0.0260. The smallest absolute Gasteiger partial charge is 0.251 e. The fourth-order valence-corrected chi connectivity index (χ4v) is 3.19. The summed E-state index contributed by atoms with van der Waals surface area (Å²) in [5, 5.41) is 11.3. The monoisotopic (exact) mass is 354 g/mol. The van der Waals surface area contributed by atoms with Gasteiger partial charge in [0.1, 0.15) is 0 Å². The maximum Gasteiger partial charge on any atom is 0.251 e. The molecule has 1 N–H and O–H groups in total. The Morgan fingerprint density at radius 3 is 2.73 bits per heavy atom. The van der Waals surface area contributed by atoms with Gasteiger partial charge in [0, 0.05) is 37.9 Å². The lowest BCUT2D eigenvalue weighted by molar-refractivity contribution is 0.0946. The molecule has 1 atom stereocenters. The molecule has 0 saturated carbocycles. The molecule has 0 aliphatic carbocycles. The van der Waals surface area contributed by atoms with E-state index in [1.54, 1.807) is 7.11 Å². The Balaban J connectivity index is 1.50. The summed E-state index contributed by atoms with van der Waals surface area (Å²) in [4.78, 5) is 14.8. The van der Waals surface area contributed by atoms with Gasteiger partial charge in [0.15, 0.2) is 0 Å². The second-order valence-electron chi connectivity index (χ2n) is 6.80. The lowest BCUT2D eigenvalue weighted by Crippen LogP contribution is -2.31. The first-order valence-electron chi connectivity index (χ1n) is 9.06. The standard InChI is InChI=1S/C20H26N4O2/c1-15-3-8-19(23-22-15)17-4-6-18(7-5-17)20(25)21-13-16-9-10-24(14-16)11-12-26-2/h3-8,16H,9-14H2,1-2H3,(H,21,25)/t16-/m1/s1. The van der Waals surface area contributed by atoms with Crippen molar-refractivity contribution in [3.05, 3.63) is 47.7 Å². The fourth-order valence-electron chi connectivity index (χ4n) is 3.19. The molecule has 138 valence electrons. The Morgan fingerprint density at radius 1 is 1.23 bits per heavy atom. The number of aryl methyl sites for hydroxylation is 1. The zero-order valence-corrected chi connectivity index (χ0v) is 15.4. The van der Waals surface area contributed by atoms with Gasteiger partial charge in [-0.05, 0) is 50.1 Å². The predicted octanol–water partition coefficient (Wildman–Crippen LogP) is 2.15. The molecule has 6 heteroatoms. The van der Waals surface area contributed by atoms with Gasteiger partial charge in [0.2, 0.25) is 0 Å². The Morgan fingerprint density at radius 2 is 2.04 bits per heavy atom. The molecular weight excluding hydrogens is 328 g/mol. The number of methoxy groups -OCH3 is 1. The van der Waals surface area contributed by atoms with E-state index < -0.39 is 0 Å². The molecule has 0 spiro atoms. The number of rotatable bonds is 7. The van der Waals surface area contributed by atoms with Crippen molar-refractivity contribution in [2.75, 3.05) is 39.9 Å². The van der Waals surface area contributed by atoms with Crippen molar-refractivity contribution >= 4 is 5.91 Å². The summed E-state index contributed by atoms with van der Waals surface area (Å²) in [7, 11) is 1.73. The zero-order valence-electron chi connectivity index (χ0n) is 15.4. The summed E-state index contributed by atoms with van der Waals surface area (Å²) in [6, 6.07) is 11.4. The molecule has 26 heavy (non-hydrogen) atoms. The second kappa shape index (κ2) is 8.87. The Kier molecular flexibility index (Phi) is 6.30. The molecule has 1 aromatic carbocycles. The third kappa shape index (κ3) is 4.86. The second-order valence-corrected chi connectivity index (χ2v) is 6.80. The highest BCUT2D eigenvalue weighted by molar-refractivity contribution is 5.94. The van der Waals surface area contributed by atoms with Crippen LogP contribution < -0.4 is 5.32 Å². The van der Waals surface area contributed by atoms with Crippen LogP contribution in [0.1, 0.15) is 22.5 Å². The molecule has 2 aromatic rings. The lowest BCUT2D eigenvalue weighted by Gasteiger charge is -2.15. The fraction of sp³-hybridized carbons (Fsp3) is 0.450. The van der Waals surface area contributed by atoms with Crippen LogP contribution in [-0.2, 0) is 4.74 Å². The summed E-state index contributed by atoms with van der Waals surface area (Å²) >= 11 is 0. The van der Waals surface area contributed by atoms with Gasteiger partial charge in [-0.2, -0.15) is 10.2 Å². The predicted molar refractivity (Wildman–Crippen MR) is 101 cm³/mol. The van der Waals surface area contributed by atoms with E-state index in [0.717, 1.165) is 49.6 Å². The minimum Gasteiger partial charge on any atom is -0.383 e. The number of hydrogen-bond acceptors (Lipinski definition) is 5. The number of carbonyl (C=O) groups excluding carboxylic acids is 1. The Bertz CT molecular complexity index is 716. The highest BCUT2D eigenvalue weighted by atomic mass is 16.5. The largest absolute Gasteiger partial charge is 0.383 e. The van der Waals surface area contributed by atoms with Crippen molar-refractivity contribution in [2.24, 2.45) is 5.92 Å². The lowest BCUT2D eigenvalue weighted by atomic mass is 10.1. The van der Waals surface area contributed by atoms with Crippen LogP contribution in [0.5, 0.6) is 0 Å². The number of nitrogens with one attached hydrogen (secondary N) is 1. The van der Waals surface area contributed by atoms with Crippen LogP contribution in [-0.4, -0.2) is 60.9 Å². The van der Waals surface area contributed by atoms with Gasteiger partial charge in [-0.15, -0.1) is 0 Å². The molecule has 2 heterocycles. The number of hydrogen-bond donors (Lipinski definition) is 1. The number of aromatic nitrogens is 2. The van der Waals surface area contributed by atoms with Crippen LogP contribution in [0.25, 0.3) is 11.3 Å². The van der Waals surface area contributed by atoms with Gasteiger partial charge in [0.05, 0.1) is 18.0 Å². The van der Waals surface area contributed by atoms with Gasteiger partial charge in [-0.1, -0.05) is 12.1 Å². The van der Waals surface area contributed by atoms with E-state index >= 15 is 0 Å². The summed E-state index contributed by atoms with van der Waals surface area (Å²) in [6.07, 6.45) is 1.12. The van der Waals surface area contributed by atoms with Crippen LogP contribution in [0.4, 0.5) is 0 Å². The Hall–Kier alpha value is -2.31. The van der Waals surface area contributed by atoms with Crippen molar-refractivity contribution < 1.29 is 9.53 Å². The quantitative estimate of drug-likeness (QED) is 0.825. The van der Waals surface area contributed by atoms with Crippen molar-refractivity contribution in [1.29, 1.82) is 0 Å². The van der Waals surface area contributed by atoms with E-state index in [9.17, 15) is 4.79 Å². The molecular formula is C20H26N4O2. The molecule has 0 bridgehead atoms. The number of ether oxygens (including phenoxy) is 1. The molecule has 6 nitrogen and oxygen atoms in total. The number of amides is 1. The van der Waals surface area contributed by atoms with Crippen molar-refractivity contribution in [3.8, 4) is 11.3 Å². The number of likely N-dealkylation sites (tertiary alicyclic amines) is 1. The SMILES string of the molecule is COCCN1CC[C@H](CNC(=O)c2ccc(-c3ccc(C)nn3)cc2)C1. The molecule has 0 unspecified atom stereocenters. The Labute approximate surface area is 154 Å². The third-order valence-electron chi connectivity index (χ3n) is 4.77. The summed E-state index contributed by atoms with van der Waals surface area (Å²) in [5.41, 5.74) is 3.32. The van der Waals surface area contributed by atoms with Crippen LogP contribution in [0.3, 0.4) is 0 Å². The van der Waals surface area contributed by atoms with Crippen molar-refractivity contribution in [1.82, 2.24) is 20.4 Å². The molecule has 1 amide bonds. The topological polar surface area (TPSA) is 67.3 Å². The third-order valence-corrected chi connectivity index (χ3v) is 4.77. The number of carbonyl (C=O) groups is 1. The molecule has 1 fully saturated rings. The summed E-state index contributed by atoms with van der Waals surface area (Å²) < 4.78 is 5.12. The van der Waals surface area contributed by atoms with E-state index in [4.69, 9.17) is 4.74 Å². The summed E-state index contributed by atoms with van der Waals surface area (Å²) in [5.74, 6) is 0.486. The van der Waals surface area contributed by atoms with Crippen molar-refractivity contribution in [3.63, 3.8) is 0 Å². The molecule has 1 aromatic heterocycles. The van der Waals surface area contributed by atoms with Gasteiger partial charge < -0.3 is 15.0 Å². The first kappa shape index (κ1) is 18.5. The highest BCUT2D eigenvalue weighted by Crippen LogP contribution is 2.18. The maximum absolute atomic E-state index is 12.4.